The Morgan fingerprint density at radius 3 is 2.50 bits per heavy atom. The average molecular weight is 483 g/mol. The molecule has 0 fully saturated rings. The predicted octanol–water partition coefficient (Wildman–Crippen LogP) is 6.27. The van der Waals surface area contributed by atoms with Crippen molar-refractivity contribution in [3.8, 4) is 5.75 Å². The number of methoxy groups -OCH3 is 1. The van der Waals surface area contributed by atoms with Gasteiger partial charge in [-0.2, -0.15) is 0 Å². The van der Waals surface area contributed by atoms with Crippen molar-refractivity contribution in [2.24, 2.45) is 0 Å². The van der Waals surface area contributed by atoms with Gasteiger partial charge in [0.1, 0.15) is 17.3 Å². The zero-order valence-electron chi connectivity index (χ0n) is 20.0. The molecule has 0 aliphatic carbocycles. The molecule has 3 aromatic carbocycles. The van der Waals surface area contributed by atoms with E-state index in [1.165, 1.54) is 12.1 Å². The molecule has 2 heterocycles. The minimum atomic E-state index is -0.253. The van der Waals surface area contributed by atoms with Crippen molar-refractivity contribution in [2.75, 3.05) is 7.11 Å². The Labute approximate surface area is 209 Å². The number of nitrogens with one attached hydrogen (secondary N) is 1. The van der Waals surface area contributed by atoms with E-state index in [-0.39, 0.29) is 24.1 Å². The van der Waals surface area contributed by atoms with Gasteiger partial charge in [0, 0.05) is 36.0 Å². The zero-order valence-corrected chi connectivity index (χ0v) is 20.0. The SMILES string of the molecule is COc1ccc([C@H](CC(=O)NCc2ccco2)c2cn(Cc3ccc(F)cc3)c3ccccc23)cc1. The summed E-state index contributed by atoms with van der Waals surface area (Å²) in [5.74, 6) is 0.977. The number of benzene rings is 3. The number of hydrogen-bond acceptors (Lipinski definition) is 3. The Morgan fingerprint density at radius 1 is 1.00 bits per heavy atom. The second kappa shape index (κ2) is 10.5. The third-order valence-electron chi connectivity index (χ3n) is 6.41. The Bertz CT molecular complexity index is 1440. The highest BCUT2D eigenvalue weighted by atomic mass is 19.1. The number of amides is 1. The fraction of sp³-hybridized carbons (Fsp3) is 0.167. The van der Waals surface area contributed by atoms with Crippen molar-refractivity contribution in [3.63, 3.8) is 0 Å². The minimum absolute atomic E-state index is 0.0671. The fourth-order valence-electron chi connectivity index (χ4n) is 4.57. The molecule has 36 heavy (non-hydrogen) atoms. The predicted molar refractivity (Wildman–Crippen MR) is 137 cm³/mol. The summed E-state index contributed by atoms with van der Waals surface area (Å²) in [6.07, 6.45) is 3.98. The number of fused-ring (bicyclic) bond motifs is 1. The molecule has 5 nitrogen and oxygen atoms in total. The van der Waals surface area contributed by atoms with Crippen molar-refractivity contribution < 1.29 is 18.3 Å². The van der Waals surface area contributed by atoms with E-state index < -0.39 is 0 Å². The summed E-state index contributed by atoms with van der Waals surface area (Å²) in [6.45, 7) is 0.939. The van der Waals surface area contributed by atoms with Crippen molar-refractivity contribution in [1.82, 2.24) is 9.88 Å². The van der Waals surface area contributed by atoms with Crippen molar-refractivity contribution in [2.45, 2.75) is 25.4 Å². The second-order valence-corrected chi connectivity index (χ2v) is 8.74. The number of furan rings is 1. The van der Waals surface area contributed by atoms with E-state index in [0.717, 1.165) is 33.3 Å². The van der Waals surface area contributed by atoms with Crippen LogP contribution < -0.4 is 10.1 Å². The Hall–Kier alpha value is -4.32. The molecule has 1 atom stereocenters. The lowest BCUT2D eigenvalue weighted by atomic mass is 9.88. The molecule has 0 unspecified atom stereocenters. The van der Waals surface area contributed by atoms with Gasteiger partial charge >= 0.3 is 0 Å². The van der Waals surface area contributed by atoms with Gasteiger partial charge in [-0.05, 0) is 59.2 Å². The molecule has 2 aromatic heterocycles. The van der Waals surface area contributed by atoms with Gasteiger partial charge in [-0.1, -0.05) is 42.5 Å². The van der Waals surface area contributed by atoms with Crippen LogP contribution in [0.25, 0.3) is 10.9 Å². The molecule has 0 bridgehead atoms. The van der Waals surface area contributed by atoms with Crippen LogP contribution in [0.5, 0.6) is 5.75 Å². The van der Waals surface area contributed by atoms with Gasteiger partial charge in [0.2, 0.25) is 5.91 Å². The highest BCUT2D eigenvalue weighted by Gasteiger charge is 2.23. The molecule has 6 heteroatoms. The van der Waals surface area contributed by atoms with Gasteiger partial charge in [0.25, 0.3) is 0 Å². The minimum Gasteiger partial charge on any atom is -0.497 e. The van der Waals surface area contributed by atoms with Crippen LogP contribution in [0, 0.1) is 5.82 Å². The lowest BCUT2D eigenvalue weighted by Crippen LogP contribution is -2.24. The van der Waals surface area contributed by atoms with E-state index in [1.54, 1.807) is 31.6 Å². The van der Waals surface area contributed by atoms with E-state index in [2.05, 4.69) is 28.2 Å². The third-order valence-corrected chi connectivity index (χ3v) is 6.41. The average Bonchev–Trinajstić information content (AvgIpc) is 3.56. The highest BCUT2D eigenvalue weighted by Crippen LogP contribution is 2.36. The molecule has 0 saturated heterocycles. The number of carbonyl (C=O) groups excluding carboxylic acids is 1. The highest BCUT2D eigenvalue weighted by molar-refractivity contribution is 5.86. The van der Waals surface area contributed by atoms with Crippen molar-refractivity contribution in [1.29, 1.82) is 0 Å². The number of halogens is 1. The van der Waals surface area contributed by atoms with E-state index >= 15 is 0 Å². The largest absolute Gasteiger partial charge is 0.497 e. The van der Waals surface area contributed by atoms with Gasteiger partial charge < -0.3 is 19.0 Å². The number of ether oxygens (including phenoxy) is 1. The molecule has 182 valence electrons. The smallest absolute Gasteiger partial charge is 0.221 e. The van der Waals surface area contributed by atoms with Crippen LogP contribution in [-0.2, 0) is 17.9 Å². The number of nitrogens with zero attached hydrogens (tertiary/aromatic N) is 1. The topological polar surface area (TPSA) is 56.4 Å². The number of rotatable bonds is 9. The lowest BCUT2D eigenvalue weighted by molar-refractivity contribution is -0.121. The molecule has 1 amide bonds. The normalized spacial score (nSPS) is 11.9. The van der Waals surface area contributed by atoms with Crippen LogP contribution in [-0.4, -0.2) is 17.6 Å². The summed E-state index contributed by atoms with van der Waals surface area (Å²) < 4.78 is 26.3. The van der Waals surface area contributed by atoms with E-state index in [0.29, 0.717) is 18.8 Å². The maximum Gasteiger partial charge on any atom is 0.221 e. The molecule has 5 aromatic rings. The maximum atomic E-state index is 13.4. The summed E-state index contributed by atoms with van der Waals surface area (Å²) in [7, 11) is 1.64. The van der Waals surface area contributed by atoms with Gasteiger partial charge in [-0.3, -0.25) is 4.79 Å². The summed E-state index contributed by atoms with van der Waals surface area (Å²) in [6, 6.07) is 26.2. The summed E-state index contributed by atoms with van der Waals surface area (Å²) >= 11 is 0. The maximum absolute atomic E-state index is 13.4. The van der Waals surface area contributed by atoms with Gasteiger partial charge in [-0.25, -0.2) is 4.39 Å². The summed E-state index contributed by atoms with van der Waals surface area (Å²) in [5, 5.41) is 4.06. The standard InChI is InChI=1S/C30H27FN2O3/c1-35-24-14-10-22(11-15-24)27(17-30(34)32-18-25-5-4-16-36-25)28-20-33(29-7-3-2-6-26(28)29)19-21-8-12-23(31)13-9-21/h2-16,20,27H,17-19H2,1H3,(H,32,34)/t27-/m0/s1. The number of carbonyl (C=O) groups is 1. The van der Waals surface area contributed by atoms with Crippen LogP contribution in [0.4, 0.5) is 4.39 Å². The lowest BCUT2D eigenvalue weighted by Gasteiger charge is -2.17. The van der Waals surface area contributed by atoms with Crippen LogP contribution in [0.1, 0.15) is 34.8 Å². The van der Waals surface area contributed by atoms with Gasteiger partial charge in [0.15, 0.2) is 0 Å². The Kier molecular flexibility index (Phi) is 6.85. The van der Waals surface area contributed by atoms with Gasteiger partial charge in [0.05, 0.1) is 19.9 Å². The molecule has 1 N–H and O–H groups in total. The van der Waals surface area contributed by atoms with Crippen molar-refractivity contribution >= 4 is 16.8 Å². The van der Waals surface area contributed by atoms with E-state index in [1.807, 2.05) is 42.5 Å². The number of para-hydroxylation sites is 1. The van der Waals surface area contributed by atoms with Crippen LogP contribution in [0.15, 0.2) is 102 Å². The molecular formula is C30H27FN2O3. The fourth-order valence-corrected chi connectivity index (χ4v) is 4.57. The molecule has 0 radical (unpaired) electrons. The van der Waals surface area contributed by atoms with E-state index in [4.69, 9.17) is 9.15 Å². The Morgan fingerprint density at radius 2 is 1.78 bits per heavy atom. The van der Waals surface area contributed by atoms with Crippen molar-refractivity contribution in [3.05, 3.63) is 126 Å². The van der Waals surface area contributed by atoms with Crippen LogP contribution in [0.2, 0.25) is 0 Å². The molecule has 0 spiro atoms. The molecule has 0 aliphatic heterocycles. The van der Waals surface area contributed by atoms with Gasteiger partial charge in [-0.15, -0.1) is 0 Å². The zero-order chi connectivity index (χ0) is 24.9. The number of aromatic nitrogens is 1. The van der Waals surface area contributed by atoms with E-state index in [9.17, 15) is 9.18 Å². The monoisotopic (exact) mass is 482 g/mol. The molecule has 5 rings (SSSR count). The van der Waals surface area contributed by atoms with Crippen LogP contribution >= 0.6 is 0 Å². The first-order chi connectivity index (χ1) is 17.6. The first-order valence-electron chi connectivity index (χ1n) is 11.9. The molecule has 0 saturated carbocycles. The quantitative estimate of drug-likeness (QED) is 0.269. The Balaban J connectivity index is 1.50. The first kappa shape index (κ1) is 23.4. The molecular weight excluding hydrogens is 455 g/mol. The number of hydrogen-bond donors (Lipinski definition) is 1. The summed E-state index contributed by atoms with van der Waals surface area (Å²) in [4.78, 5) is 13.1. The summed E-state index contributed by atoms with van der Waals surface area (Å²) in [5.41, 5.74) is 4.15. The molecule has 0 aliphatic rings. The second-order valence-electron chi connectivity index (χ2n) is 8.74. The van der Waals surface area contributed by atoms with Crippen LogP contribution in [0.3, 0.4) is 0 Å². The third kappa shape index (κ3) is 5.18. The first-order valence-corrected chi connectivity index (χ1v) is 11.9.